The Morgan fingerprint density at radius 3 is 2.83 bits per heavy atom. The molecular weight excluding hydrogens is 300 g/mol. The molecule has 0 saturated carbocycles. The molecule has 1 saturated heterocycles. The third kappa shape index (κ3) is 3.19. The van der Waals surface area contributed by atoms with Gasteiger partial charge in [-0.05, 0) is 37.1 Å². The number of anilines is 1. The van der Waals surface area contributed by atoms with Gasteiger partial charge in [0.05, 0.1) is 12.6 Å². The minimum absolute atomic E-state index is 0.0251. The van der Waals surface area contributed by atoms with Gasteiger partial charge in [0.15, 0.2) is 6.10 Å². The van der Waals surface area contributed by atoms with Crippen LogP contribution in [-0.2, 0) is 20.7 Å². The third-order valence-corrected chi connectivity index (χ3v) is 4.07. The van der Waals surface area contributed by atoms with Gasteiger partial charge in [0, 0.05) is 24.2 Å². The summed E-state index contributed by atoms with van der Waals surface area (Å²) in [5.41, 5.74) is 2.15. The number of ether oxygens (including phenoxy) is 1. The van der Waals surface area contributed by atoms with Gasteiger partial charge in [0.25, 0.3) is 5.91 Å². The van der Waals surface area contributed by atoms with Gasteiger partial charge >= 0.3 is 5.97 Å². The molecule has 1 unspecified atom stereocenters. The summed E-state index contributed by atoms with van der Waals surface area (Å²) in [7, 11) is 0. The molecule has 1 aromatic rings. The Morgan fingerprint density at radius 2 is 2.09 bits per heavy atom. The molecule has 23 heavy (non-hydrogen) atoms. The van der Waals surface area contributed by atoms with Gasteiger partial charge in [0.1, 0.15) is 0 Å². The molecule has 1 fully saturated rings. The number of carboxylic acids is 1. The molecule has 7 heteroatoms. The van der Waals surface area contributed by atoms with Crippen LogP contribution in [0.15, 0.2) is 18.2 Å². The first-order valence-corrected chi connectivity index (χ1v) is 7.54. The van der Waals surface area contributed by atoms with E-state index in [-0.39, 0.29) is 24.5 Å². The second kappa shape index (κ2) is 6.00. The number of nitrogens with one attached hydrogen (secondary N) is 1. The minimum Gasteiger partial charge on any atom is -0.479 e. The van der Waals surface area contributed by atoms with E-state index in [4.69, 9.17) is 9.84 Å². The largest absolute Gasteiger partial charge is 0.479 e. The number of fused-ring (bicyclic) bond motifs is 1. The van der Waals surface area contributed by atoms with Crippen LogP contribution in [0, 0.1) is 0 Å². The number of carbonyl (C=O) groups is 3. The average molecular weight is 318 g/mol. The fraction of sp³-hybridized carbons (Fsp3) is 0.438. The predicted molar refractivity (Wildman–Crippen MR) is 81.3 cm³/mol. The summed E-state index contributed by atoms with van der Waals surface area (Å²) in [6, 6.07) is 5.15. The van der Waals surface area contributed by atoms with Crippen molar-refractivity contribution in [3.63, 3.8) is 0 Å². The van der Waals surface area contributed by atoms with Gasteiger partial charge in [-0.25, -0.2) is 4.79 Å². The van der Waals surface area contributed by atoms with Crippen LogP contribution in [0.1, 0.15) is 29.3 Å². The first kappa shape index (κ1) is 15.5. The van der Waals surface area contributed by atoms with Crippen molar-refractivity contribution < 1.29 is 24.2 Å². The van der Waals surface area contributed by atoms with Gasteiger partial charge in [-0.15, -0.1) is 0 Å². The second-order valence-corrected chi connectivity index (χ2v) is 5.90. The lowest BCUT2D eigenvalue weighted by Gasteiger charge is -2.35. The lowest BCUT2D eigenvalue weighted by molar-refractivity contribution is -0.160. The van der Waals surface area contributed by atoms with E-state index in [9.17, 15) is 14.4 Å². The maximum atomic E-state index is 12.7. The molecule has 3 rings (SSSR count). The number of benzene rings is 1. The number of hydrogen-bond donors (Lipinski definition) is 2. The molecule has 0 bridgehead atoms. The molecule has 0 spiro atoms. The van der Waals surface area contributed by atoms with Crippen LogP contribution in [0.3, 0.4) is 0 Å². The van der Waals surface area contributed by atoms with Crippen molar-refractivity contribution in [1.29, 1.82) is 0 Å². The molecule has 122 valence electrons. The maximum Gasteiger partial charge on any atom is 0.334 e. The van der Waals surface area contributed by atoms with E-state index in [1.807, 2.05) is 0 Å². The van der Waals surface area contributed by atoms with Crippen LogP contribution in [0.4, 0.5) is 5.69 Å². The van der Waals surface area contributed by atoms with E-state index in [1.54, 1.807) is 25.1 Å². The van der Waals surface area contributed by atoms with E-state index in [2.05, 4.69) is 5.32 Å². The highest BCUT2D eigenvalue weighted by Gasteiger charge is 2.33. The Hall–Kier alpha value is -2.41. The Bertz CT molecular complexity index is 672. The first-order valence-electron chi connectivity index (χ1n) is 7.54. The summed E-state index contributed by atoms with van der Waals surface area (Å²) < 4.78 is 5.33. The summed E-state index contributed by atoms with van der Waals surface area (Å²) >= 11 is 0. The summed E-state index contributed by atoms with van der Waals surface area (Å²) in [5, 5.41) is 11.9. The maximum absolute atomic E-state index is 12.7. The molecule has 2 aliphatic rings. The van der Waals surface area contributed by atoms with E-state index < -0.39 is 12.1 Å². The monoisotopic (exact) mass is 318 g/mol. The fourth-order valence-corrected chi connectivity index (χ4v) is 2.95. The van der Waals surface area contributed by atoms with Crippen molar-refractivity contribution in [1.82, 2.24) is 4.90 Å². The zero-order valence-corrected chi connectivity index (χ0v) is 12.7. The van der Waals surface area contributed by atoms with E-state index in [0.29, 0.717) is 24.9 Å². The Kier molecular flexibility index (Phi) is 4.04. The van der Waals surface area contributed by atoms with Crippen molar-refractivity contribution in [2.75, 3.05) is 18.4 Å². The minimum atomic E-state index is -1.07. The number of amides is 2. The molecular formula is C16H18N2O5. The molecule has 2 atom stereocenters. The number of carboxylic acid groups (broad SMARTS) is 1. The Balaban J connectivity index is 1.80. The van der Waals surface area contributed by atoms with Crippen molar-refractivity contribution in [2.45, 2.75) is 32.0 Å². The molecule has 0 aromatic heterocycles. The molecule has 0 aliphatic carbocycles. The quantitative estimate of drug-likeness (QED) is 0.844. The molecule has 7 nitrogen and oxygen atoms in total. The van der Waals surface area contributed by atoms with Gasteiger partial charge in [-0.1, -0.05) is 0 Å². The normalized spacial score (nSPS) is 23.9. The number of aryl methyl sites for hydroxylation is 1. The van der Waals surface area contributed by atoms with Gasteiger partial charge in [0.2, 0.25) is 5.91 Å². The van der Waals surface area contributed by atoms with E-state index in [1.165, 1.54) is 4.90 Å². The smallest absolute Gasteiger partial charge is 0.334 e. The molecule has 2 aliphatic heterocycles. The number of rotatable bonds is 2. The second-order valence-electron chi connectivity index (χ2n) is 5.90. The van der Waals surface area contributed by atoms with Crippen LogP contribution >= 0.6 is 0 Å². The zero-order chi connectivity index (χ0) is 16.6. The zero-order valence-electron chi connectivity index (χ0n) is 12.7. The molecule has 2 heterocycles. The number of morpholine rings is 1. The lowest BCUT2D eigenvalue weighted by Crippen LogP contribution is -2.51. The van der Waals surface area contributed by atoms with Crippen LogP contribution in [0.5, 0.6) is 0 Å². The highest BCUT2D eigenvalue weighted by molar-refractivity contribution is 5.98. The van der Waals surface area contributed by atoms with Crippen LogP contribution in [0.25, 0.3) is 0 Å². The van der Waals surface area contributed by atoms with Crippen molar-refractivity contribution in [3.05, 3.63) is 29.3 Å². The summed E-state index contributed by atoms with van der Waals surface area (Å²) in [6.45, 7) is 2.14. The fourth-order valence-electron chi connectivity index (χ4n) is 2.95. The molecule has 1 aromatic carbocycles. The average Bonchev–Trinajstić information content (AvgIpc) is 2.53. The van der Waals surface area contributed by atoms with Gasteiger partial charge in [-0.3, -0.25) is 9.59 Å². The lowest BCUT2D eigenvalue weighted by atomic mass is 9.99. The van der Waals surface area contributed by atoms with Crippen molar-refractivity contribution >= 4 is 23.5 Å². The van der Waals surface area contributed by atoms with Crippen LogP contribution in [-0.4, -0.2) is 53.1 Å². The van der Waals surface area contributed by atoms with Crippen LogP contribution < -0.4 is 5.32 Å². The standard InChI is InChI=1S/C16H18N2O5/c1-9-7-18(8-13(23-9)16(21)22)15(20)11-2-4-12-10(6-11)3-5-14(19)17-12/h2,4,6,9,13H,3,5,7-8H2,1H3,(H,17,19)(H,21,22)/t9-,13?/m1/s1. The third-order valence-electron chi connectivity index (χ3n) is 4.07. The Labute approximate surface area is 133 Å². The number of aliphatic carboxylic acids is 1. The van der Waals surface area contributed by atoms with Crippen molar-refractivity contribution in [2.24, 2.45) is 0 Å². The van der Waals surface area contributed by atoms with E-state index in [0.717, 1.165) is 11.3 Å². The topological polar surface area (TPSA) is 95.9 Å². The SMILES string of the molecule is C[C@@H]1CN(C(=O)c2ccc3c(c2)CCC(=O)N3)CC(C(=O)O)O1. The molecule has 0 radical (unpaired) electrons. The highest BCUT2D eigenvalue weighted by Crippen LogP contribution is 2.25. The molecule has 2 N–H and O–H groups in total. The van der Waals surface area contributed by atoms with Gasteiger partial charge < -0.3 is 20.1 Å². The molecule has 2 amide bonds. The van der Waals surface area contributed by atoms with Crippen molar-refractivity contribution in [3.8, 4) is 0 Å². The first-order chi connectivity index (χ1) is 10.9. The summed E-state index contributed by atoms with van der Waals surface area (Å²) in [4.78, 5) is 36.7. The van der Waals surface area contributed by atoms with Crippen LogP contribution in [0.2, 0.25) is 0 Å². The van der Waals surface area contributed by atoms with Gasteiger partial charge in [-0.2, -0.15) is 0 Å². The Morgan fingerprint density at radius 1 is 1.30 bits per heavy atom. The number of hydrogen-bond acceptors (Lipinski definition) is 4. The number of carbonyl (C=O) groups excluding carboxylic acids is 2. The number of nitrogens with zero attached hydrogens (tertiary/aromatic N) is 1. The summed E-state index contributed by atoms with van der Waals surface area (Å²) in [5.74, 6) is -1.31. The predicted octanol–water partition coefficient (Wildman–Crippen LogP) is 0.885. The van der Waals surface area contributed by atoms with E-state index >= 15 is 0 Å². The highest BCUT2D eigenvalue weighted by atomic mass is 16.5. The summed E-state index contributed by atoms with van der Waals surface area (Å²) in [6.07, 6.45) is -0.329.